The molecular weight excluding hydrogens is 419 g/mol. The third kappa shape index (κ3) is 6.75. The van der Waals surface area contributed by atoms with E-state index in [0.717, 1.165) is 17.5 Å². The average molecular weight is 449 g/mol. The Balaban J connectivity index is 2.19. The van der Waals surface area contributed by atoms with Crippen LogP contribution in [-0.4, -0.2) is 29.3 Å². The number of hydrogen-bond acceptors (Lipinski definition) is 2. The summed E-state index contributed by atoms with van der Waals surface area (Å²) >= 11 is 12.2. The molecule has 4 nitrogen and oxygen atoms in total. The lowest BCUT2D eigenvalue weighted by molar-refractivity contribution is -0.141. The summed E-state index contributed by atoms with van der Waals surface area (Å²) in [4.78, 5) is 27.5. The van der Waals surface area contributed by atoms with Gasteiger partial charge in [-0.15, -0.1) is 0 Å². The minimum atomic E-state index is -0.533. The normalized spacial score (nSPS) is 11.8. The van der Waals surface area contributed by atoms with E-state index in [1.165, 1.54) is 5.56 Å². The zero-order valence-corrected chi connectivity index (χ0v) is 19.4. The number of halogens is 2. The number of carbonyl (C=O) groups is 2. The second kappa shape index (κ2) is 12.0. The highest BCUT2D eigenvalue weighted by Crippen LogP contribution is 2.24. The largest absolute Gasteiger partial charge is 0.355 e. The van der Waals surface area contributed by atoms with Crippen molar-refractivity contribution < 1.29 is 9.59 Å². The van der Waals surface area contributed by atoms with Gasteiger partial charge in [0.05, 0.1) is 10.0 Å². The van der Waals surface area contributed by atoms with Gasteiger partial charge in [-0.05, 0) is 55.0 Å². The van der Waals surface area contributed by atoms with Crippen LogP contribution in [0.1, 0.15) is 50.3 Å². The molecule has 0 bridgehead atoms. The summed E-state index contributed by atoms with van der Waals surface area (Å²) in [7, 11) is 0. The number of rotatable bonds is 10. The predicted molar refractivity (Wildman–Crippen MR) is 124 cm³/mol. The number of benzene rings is 2. The minimum Gasteiger partial charge on any atom is -0.355 e. The molecule has 2 aromatic carbocycles. The molecule has 162 valence electrons. The van der Waals surface area contributed by atoms with Crippen LogP contribution >= 0.6 is 23.2 Å². The van der Waals surface area contributed by atoms with Crippen LogP contribution in [0.4, 0.5) is 0 Å². The van der Waals surface area contributed by atoms with Crippen molar-refractivity contribution in [1.82, 2.24) is 10.2 Å². The Hall–Kier alpha value is -2.04. The van der Waals surface area contributed by atoms with E-state index in [0.29, 0.717) is 42.4 Å². The average Bonchev–Trinajstić information content (AvgIpc) is 2.75. The van der Waals surface area contributed by atoms with Gasteiger partial charge in [0.2, 0.25) is 11.8 Å². The highest BCUT2D eigenvalue weighted by molar-refractivity contribution is 6.42. The highest BCUT2D eigenvalue weighted by atomic mass is 35.5. The first-order chi connectivity index (χ1) is 14.4. The van der Waals surface area contributed by atoms with Gasteiger partial charge in [-0.3, -0.25) is 9.59 Å². The van der Waals surface area contributed by atoms with Gasteiger partial charge in [0.15, 0.2) is 0 Å². The Morgan fingerprint density at radius 1 is 0.933 bits per heavy atom. The van der Waals surface area contributed by atoms with Gasteiger partial charge in [0.1, 0.15) is 6.04 Å². The summed E-state index contributed by atoms with van der Waals surface area (Å²) in [5.41, 5.74) is 3.22. The van der Waals surface area contributed by atoms with Crippen LogP contribution < -0.4 is 5.32 Å². The molecule has 2 amide bonds. The van der Waals surface area contributed by atoms with Gasteiger partial charge in [0, 0.05) is 19.5 Å². The minimum absolute atomic E-state index is 0.0567. The number of likely N-dealkylation sites (N-methyl/N-ethyl adjacent to an activating group) is 1. The van der Waals surface area contributed by atoms with Crippen LogP contribution in [-0.2, 0) is 29.0 Å². The molecule has 30 heavy (non-hydrogen) atoms. The number of hydrogen-bond donors (Lipinski definition) is 1. The second-order valence-electron chi connectivity index (χ2n) is 7.26. The molecule has 1 atom stereocenters. The van der Waals surface area contributed by atoms with E-state index in [9.17, 15) is 9.59 Å². The summed E-state index contributed by atoms with van der Waals surface area (Å²) in [5.74, 6) is -0.195. The molecule has 0 fully saturated rings. The molecule has 0 radical (unpaired) electrons. The third-order valence-electron chi connectivity index (χ3n) is 5.13. The third-order valence-corrected chi connectivity index (χ3v) is 5.87. The van der Waals surface area contributed by atoms with E-state index < -0.39 is 6.04 Å². The van der Waals surface area contributed by atoms with Crippen molar-refractivity contribution >= 4 is 35.0 Å². The Kier molecular flexibility index (Phi) is 9.67. The van der Waals surface area contributed by atoms with Crippen molar-refractivity contribution in [1.29, 1.82) is 0 Å². The van der Waals surface area contributed by atoms with Gasteiger partial charge in [0.25, 0.3) is 0 Å². The summed E-state index contributed by atoms with van der Waals surface area (Å²) in [5, 5.41) is 3.74. The SMILES string of the molecule is CCNC(=O)C(CC)N(Cc1ccc(Cl)c(Cl)c1)C(=O)CCc1ccc(CC)cc1. The number of aryl methyl sites for hydroxylation is 2. The van der Waals surface area contributed by atoms with Crippen molar-refractivity contribution in [3.8, 4) is 0 Å². The van der Waals surface area contributed by atoms with E-state index in [-0.39, 0.29) is 11.8 Å². The maximum atomic E-state index is 13.2. The maximum absolute atomic E-state index is 13.2. The van der Waals surface area contributed by atoms with Gasteiger partial charge < -0.3 is 10.2 Å². The fourth-order valence-electron chi connectivity index (χ4n) is 3.38. The molecule has 1 N–H and O–H groups in total. The lowest BCUT2D eigenvalue weighted by Gasteiger charge is -2.30. The lowest BCUT2D eigenvalue weighted by atomic mass is 10.0. The van der Waals surface area contributed by atoms with Crippen molar-refractivity contribution in [3.63, 3.8) is 0 Å². The van der Waals surface area contributed by atoms with Crippen molar-refractivity contribution in [2.75, 3.05) is 6.54 Å². The first-order valence-electron chi connectivity index (χ1n) is 10.5. The first kappa shape index (κ1) is 24.2. The van der Waals surface area contributed by atoms with Gasteiger partial charge >= 0.3 is 0 Å². The van der Waals surface area contributed by atoms with Crippen LogP contribution in [0.15, 0.2) is 42.5 Å². The highest BCUT2D eigenvalue weighted by Gasteiger charge is 2.28. The zero-order valence-electron chi connectivity index (χ0n) is 17.9. The number of nitrogens with zero attached hydrogens (tertiary/aromatic N) is 1. The summed E-state index contributed by atoms with van der Waals surface area (Å²) in [6.07, 6.45) is 2.49. The maximum Gasteiger partial charge on any atom is 0.242 e. The van der Waals surface area contributed by atoms with Crippen molar-refractivity contribution in [3.05, 3.63) is 69.2 Å². The van der Waals surface area contributed by atoms with E-state index in [2.05, 4.69) is 36.5 Å². The fraction of sp³-hybridized carbons (Fsp3) is 0.417. The molecule has 2 rings (SSSR count). The van der Waals surface area contributed by atoms with Crippen LogP contribution in [0.2, 0.25) is 10.0 Å². The molecular formula is C24H30Cl2N2O2. The van der Waals surface area contributed by atoms with E-state index >= 15 is 0 Å². The molecule has 2 aromatic rings. The molecule has 0 heterocycles. The van der Waals surface area contributed by atoms with Crippen LogP contribution in [0.25, 0.3) is 0 Å². The lowest BCUT2D eigenvalue weighted by Crippen LogP contribution is -2.49. The second-order valence-corrected chi connectivity index (χ2v) is 8.07. The first-order valence-corrected chi connectivity index (χ1v) is 11.2. The summed E-state index contributed by atoms with van der Waals surface area (Å²) in [6, 6.07) is 13.1. The molecule has 1 unspecified atom stereocenters. The number of carbonyl (C=O) groups excluding carboxylic acids is 2. The summed E-state index contributed by atoms with van der Waals surface area (Å²) < 4.78 is 0. The van der Waals surface area contributed by atoms with E-state index in [4.69, 9.17) is 23.2 Å². The summed E-state index contributed by atoms with van der Waals surface area (Å²) in [6.45, 7) is 6.73. The van der Waals surface area contributed by atoms with Crippen molar-refractivity contribution in [2.24, 2.45) is 0 Å². The monoisotopic (exact) mass is 448 g/mol. The smallest absolute Gasteiger partial charge is 0.242 e. The van der Waals surface area contributed by atoms with Gasteiger partial charge in [-0.25, -0.2) is 0 Å². The Morgan fingerprint density at radius 2 is 1.57 bits per heavy atom. The molecule has 6 heteroatoms. The molecule has 0 saturated heterocycles. The Bertz CT molecular complexity index is 853. The fourth-order valence-corrected chi connectivity index (χ4v) is 3.70. The standard InChI is InChI=1S/C24H30Cl2N2O2/c1-4-17-7-9-18(10-8-17)12-14-23(29)28(22(5-2)24(30)27-6-3)16-19-11-13-20(25)21(26)15-19/h7-11,13,15,22H,4-6,12,14,16H2,1-3H3,(H,27,30). The van der Waals surface area contributed by atoms with E-state index in [1.54, 1.807) is 17.0 Å². The van der Waals surface area contributed by atoms with Crippen molar-refractivity contribution in [2.45, 2.75) is 59.0 Å². The topological polar surface area (TPSA) is 49.4 Å². The van der Waals surface area contributed by atoms with Crippen LogP contribution in [0.5, 0.6) is 0 Å². The molecule has 0 aromatic heterocycles. The number of nitrogens with one attached hydrogen (secondary N) is 1. The van der Waals surface area contributed by atoms with E-state index in [1.807, 2.05) is 19.9 Å². The number of amides is 2. The zero-order chi connectivity index (χ0) is 22.1. The van der Waals surface area contributed by atoms with Crippen LogP contribution in [0.3, 0.4) is 0 Å². The molecule has 0 spiro atoms. The van der Waals surface area contributed by atoms with Crippen LogP contribution in [0, 0.1) is 0 Å². The van der Waals surface area contributed by atoms with Gasteiger partial charge in [-0.1, -0.05) is 67.4 Å². The molecule has 0 aliphatic rings. The predicted octanol–water partition coefficient (Wildman–Crippen LogP) is 5.43. The molecule has 0 aliphatic carbocycles. The Labute approximate surface area is 189 Å². The Morgan fingerprint density at radius 3 is 2.13 bits per heavy atom. The quantitative estimate of drug-likeness (QED) is 0.526. The van der Waals surface area contributed by atoms with Gasteiger partial charge in [-0.2, -0.15) is 0 Å². The molecule has 0 saturated carbocycles. The molecule has 0 aliphatic heterocycles.